The maximum atomic E-state index is 12.8. The quantitative estimate of drug-likeness (QED) is 0.633. The van der Waals surface area contributed by atoms with Crippen molar-refractivity contribution in [1.29, 1.82) is 0 Å². The van der Waals surface area contributed by atoms with E-state index in [1.165, 1.54) is 0 Å². The SMILES string of the molecule is CN(C)CCCOc1cccc2c1C(=O)c1ccccc1C2=O.Cl.Cl. The van der Waals surface area contributed by atoms with Crippen molar-refractivity contribution >= 4 is 36.4 Å². The van der Waals surface area contributed by atoms with E-state index in [4.69, 9.17) is 4.74 Å². The first-order valence-electron chi connectivity index (χ1n) is 7.68. The fourth-order valence-electron chi connectivity index (χ4n) is 2.80. The fourth-order valence-corrected chi connectivity index (χ4v) is 2.80. The molecule has 0 fully saturated rings. The van der Waals surface area contributed by atoms with Crippen LogP contribution in [0.1, 0.15) is 38.3 Å². The summed E-state index contributed by atoms with van der Waals surface area (Å²) >= 11 is 0. The monoisotopic (exact) mass is 381 g/mol. The van der Waals surface area contributed by atoms with Gasteiger partial charge in [0.2, 0.25) is 0 Å². The van der Waals surface area contributed by atoms with Crippen LogP contribution in [0.3, 0.4) is 0 Å². The van der Waals surface area contributed by atoms with Gasteiger partial charge in [-0.2, -0.15) is 0 Å². The molecule has 134 valence electrons. The standard InChI is InChI=1S/C19H19NO3.2ClH/c1-20(2)11-6-12-23-16-10-5-9-15-17(16)19(22)14-8-4-3-7-13(14)18(15)21;;/h3-5,7-10H,6,11-12H2,1-2H3;2*1H. The van der Waals surface area contributed by atoms with Crippen LogP contribution >= 0.6 is 24.8 Å². The summed E-state index contributed by atoms with van der Waals surface area (Å²) in [6, 6.07) is 12.2. The van der Waals surface area contributed by atoms with E-state index < -0.39 is 0 Å². The summed E-state index contributed by atoms with van der Waals surface area (Å²) in [7, 11) is 4.01. The number of carbonyl (C=O) groups excluding carboxylic acids is 2. The highest BCUT2D eigenvalue weighted by Gasteiger charge is 2.31. The van der Waals surface area contributed by atoms with Gasteiger partial charge in [-0.15, -0.1) is 24.8 Å². The number of fused-ring (bicyclic) bond motifs is 2. The van der Waals surface area contributed by atoms with E-state index in [1.54, 1.807) is 42.5 Å². The molecule has 0 unspecified atom stereocenters. The van der Waals surface area contributed by atoms with Crippen molar-refractivity contribution in [3.8, 4) is 5.75 Å². The van der Waals surface area contributed by atoms with Gasteiger partial charge in [-0.05, 0) is 26.6 Å². The van der Waals surface area contributed by atoms with Crippen LogP contribution in [0.15, 0.2) is 42.5 Å². The molecule has 0 aromatic heterocycles. The van der Waals surface area contributed by atoms with Crippen LogP contribution in [0.25, 0.3) is 0 Å². The lowest BCUT2D eigenvalue weighted by atomic mass is 9.83. The minimum Gasteiger partial charge on any atom is -0.493 e. The van der Waals surface area contributed by atoms with E-state index in [0.29, 0.717) is 34.6 Å². The Hall–Kier alpha value is -1.88. The normalized spacial score (nSPS) is 12.0. The van der Waals surface area contributed by atoms with Gasteiger partial charge in [-0.3, -0.25) is 9.59 Å². The second-order valence-electron chi connectivity index (χ2n) is 5.89. The molecule has 0 aliphatic heterocycles. The molecule has 0 saturated heterocycles. The molecule has 2 aromatic carbocycles. The molecule has 0 saturated carbocycles. The predicted molar refractivity (Wildman–Crippen MR) is 103 cm³/mol. The number of carbonyl (C=O) groups is 2. The van der Waals surface area contributed by atoms with Crippen LogP contribution in [0.4, 0.5) is 0 Å². The molecule has 4 nitrogen and oxygen atoms in total. The molecular weight excluding hydrogens is 361 g/mol. The number of ketones is 2. The minimum atomic E-state index is -0.140. The zero-order chi connectivity index (χ0) is 16.4. The second-order valence-corrected chi connectivity index (χ2v) is 5.89. The number of halogens is 2. The van der Waals surface area contributed by atoms with Crippen molar-refractivity contribution < 1.29 is 14.3 Å². The lowest BCUT2D eigenvalue weighted by Gasteiger charge is -2.20. The lowest BCUT2D eigenvalue weighted by molar-refractivity contribution is 0.0975. The average molecular weight is 382 g/mol. The van der Waals surface area contributed by atoms with Gasteiger partial charge in [0.05, 0.1) is 12.2 Å². The molecule has 3 rings (SSSR count). The molecule has 6 heteroatoms. The highest BCUT2D eigenvalue weighted by molar-refractivity contribution is 6.29. The first kappa shape index (κ1) is 21.2. The van der Waals surface area contributed by atoms with Gasteiger partial charge < -0.3 is 9.64 Å². The maximum Gasteiger partial charge on any atom is 0.198 e. The van der Waals surface area contributed by atoms with Crippen LogP contribution in [0.2, 0.25) is 0 Å². The van der Waals surface area contributed by atoms with Crippen LogP contribution in [-0.4, -0.2) is 43.7 Å². The van der Waals surface area contributed by atoms with Crippen LogP contribution < -0.4 is 4.74 Å². The van der Waals surface area contributed by atoms with Gasteiger partial charge in [-0.25, -0.2) is 0 Å². The Morgan fingerprint density at radius 3 is 2.08 bits per heavy atom. The Kier molecular flexibility index (Phi) is 7.61. The van der Waals surface area contributed by atoms with Gasteiger partial charge in [0.1, 0.15) is 5.75 Å². The molecule has 0 atom stereocenters. The molecule has 0 amide bonds. The molecule has 25 heavy (non-hydrogen) atoms. The first-order chi connectivity index (χ1) is 11.1. The summed E-state index contributed by atoms with van der Waals surface area (Å²) in [4.78, 5) is 27.5. The highest BCUT2D eigenvalue weighted by Crippen LogP contribution is 2.33. The van der Waals surface area contributed by atoms with Gasteiger partial charge in [-0.1, -0.05) is 36.4 Å². The zero-order valence-electron chi connectivity index (χ0n) is 14.2. The molecular formula is C19H21Cl2NO3. The largest absolute Gasteiger partial charge is 0.493 e. The van der Waals surface area contributed by atoms with Crippen molar-refractivity contribution in [3.05, 3.63) is 64.7 Å². The van der Waals surface area contributed by atoms with E-state index >= 15 is 0 Å². The summed E-state index contributed by atoms with van der Waals surface area (Å²) < 4.78 is 5.79. The van der Waals surface area contributed by atoms with Crippen LogP contribution in [-0.2, 0) is 0 Å². The summed E-state index contributed by atoms with van der Waals surface area (Å²) in [6.45, 7) is 1.42. The number of ether oxygens (including phenoxy) is 1. The van der Waals surface area contributed by atoms with Gasteiger partial charge in [0, 0.05) is 23.2 Å². The Morgan fingerprint density at radius 1 is 0.840 bits per heavy atom. The Labute approximate surface area is 160 Å². The molecule has 0 radical (unpaired) electrons. The molecule has 0 heterocycles. The smallest absolute Gasteiger partial charge is 0.198 e. The Balaban J connectivity index is 0.00000156. The highest BCUT2D eigenvalue weighted by atomic mass is 35.5. The Bertz CT molecular complexity index is 775. The summed E-state index contributed by atoms with van der Waals surface area (Å²) in [6.07, 6.45) is 0.857. The minimum absolute atomic E-state index is 0. The number of rotatable bonds is 5. The molecule has 0 bridgehead atoms. The zero-order valence-corrected chi connectivity index (χ0v) is 15.8. The average Bonchev–Trinajstić information content (AvgIpc) is 2.56. The number of hydrogen-bond donors (Lipinski definition) is 0. The van der Waals surface area contributed by atoms with E-state index in [9.17, 15) is 9.59 Å². The van der Waals surface area contributed by atoms with E-state index in [1.807, 2.05) is 14.1 Å². The topological polar surface area (TPSA) is 46.6 Å². The van der Waals surface area contributed by atoms with E-state index in [-0.39, 0.29) is 36.4 Å². The van der Waals surface area contributed by atoms with Crippen LogP contribution in [0.5, 0.6) is 5.75 Å². The predicted octanol–water partition coefficient (Wildman–Crippen LogP) is 3.64. The van der Waals surface area contributed by atoms with Crippen molar-refractivity contribution in [2.75, 3.05) is 27.2 Å². The van der Waals surface area contributed by atoms with E-state index in [0.717, 1.165) is 13.0 Å². The number of nitrogens with zero attached hydrogens (tertiary/aromatic N) is 1. The van der Waals surface area contributed by atoms with Gasteiger partial charge in [0.15, 0.2) is 11.6 Å². The van der Waals surface area contributed by atoms with Crippen molar-refractivity contribution in [2.24, 2.45) is 0 Å². The number of benzene rings is 2. The van der Waals surface area contributed by atoms with E-state index in [2.05, 4.69) is 4.90 Å². The molecule has 1 aliphatic rings. The molecule has 2 aromatic rings. The fraction of sp³-hybridized carbons (Fsp3) is 0.263. The van der Waals surface area contributed by atoms with Gasteiger partial charge >= 0.3 is 0 Å². The lowest BCUT2D eigenvalue weighted by Crippen LogP contribution is -2.22. The number of hydrogen-bond acceptors (Lipinski definition) is 4. The third-order valence-corrected chi connectivity index (χ3v) is 3.92. The molecule has 0 N–H and O–H groups in total. The van der Waals surface area contributed by atoms with Gasteiger partial charge in [0.25, 0.3) is 0 Å². The summed E-state index contributed by atoms with van der Waals surface area (Å²) in [5, 5.41) is 0. The Morgan fingerprint density at radius 2 is 1.44 bits per heavy atom. The van der Waals surface area contributed by atoms with Crippen molar-refractivity contribution in [3.63, 3.8) is 0 Å². The summed E-state index contributed by atoms with van der Waals surface area (Å²) in [5.74, 6) is 0.237. The summed E-state index contributed by atoms with van der Waals surface area (Å²) in [5.41, 5.74) is 1.74. The molecule has 0 spiro atoms. The van der Waals surface area contributed by atoms with Crippen molar-refractivity contribution in [2.45, 2.75) is 6.42 Å². The second kappa shape index (κ2) is 8.99. The first-order valence-corrected chi connectivity index (χ1v) is 7.68. The van der Waals surface area contributed by atoms with Crippen molar-refractivity contribution in [1.82, 2.24) is 4.90 Å². The van der Waals surface area contributed by atoms with Crippen LogP contribution in [0, 0.1) is 0 Å². The third-order valence-electron chi connectivity index (χ3n) is 3.92. The molecule has 1 aliphatic carbocycles. The maximum absolute atomic E-state index is 12.8. The third kappa shape index (κ3) is 4.21.